The first-order valence-electron chi connectivity index (χ1n) is 6.43. The molecule has 0 bridgehead atoms. The van der Waals surface area contributed by atoms with Crippen molar-refractivity contribution < 1.29 is 14.3 Å². The van der Waals surface area contributed by atoms with E-state index in [0.717, 1.165) is 25.5 Å². The molecular weight excluding hydrogens is 204 g/mol. The van der Waals surface area contributed by atoms with Crippen molar-refractivity contribution in [2.24, 2.45) is 5.92 Å². The van der Waals surface area contributed by atoms with Crippen molar-refractivity contribution in [2.45, 2.75) is 71.4 Å². The summed E-state index contributed by atoms with van der Waals surface area (Å²) >= 11 is 0. The van der Waals surface area contributed by atoms with Crippen molar-refractivity contribution in [3.8, 4) is 0 Å². The second-order valence-corrected chi connectivity index (χ2v) is 4.75. The Hall–Kier alpha value is -0.410. The fourth-order valence-electron chi connectivity index (χ4n) is 2.13. The van der Waals surface area contributed by atoms with Gasteiger partial charge in [0.25, 0.3) is 0 Å². The first kappa shape index (κ1) is 13.7. The highest BCUT2D eigenvalue weighted by Gasteiger charge is 2.29. The normalized spacial score (nSPS) is 35.7. The maximum Gasteiger partial charge on any atom is 0.158 e. The molecule has 1 saturated heterocycles. The fourth-order valence-corrected chi connectivity index (χ4v) is 2.13. The van der Waals surface area contributed by atoms with Gasteiger partial charge in [0.2, 0.25) is 0 Å². The summed E-state index contributed by atoms with van der Waals surface area (Å²) in [5, 5.41) is 0. The van der Waals surface area contributed by atoms with Crippen LogP contribution in [0, 0.1) is 5.92 Å². The summed E-state index contributed by atoms with van der Waals surface area (Å²) in [6.07, 6.45) is 6.23. The molecule has 0 aromatic rings. The van der Waals surface area contributed by atoms with Crippen LogP contribution in [0.1, 0.15) is 52.9 Å². The van der Waals surface area contributed by atoms with Gasteiger partial charge in [0, 0.05) is 5.92 Å². The molecule has 0 amide bonds. The molecule has 3 nitrogen and oxygen atoms in total. The first-order chi connectivity index (χ1) is 7.67. The van der Waals surface area contributed by atoms with Crippen molar-refractivity contribution in [1.29, 1.82) is 0 Å². The number of carbonyl (C=O) groups excluding carboxylic acids is 1. The third-order valence-electron chi connectivity index (χ3n) is 3.18. The number of carbonyl (C=O) groups is 1. The zero-order valence-electron chi connectivity index (χ0n) is 10.6. The van der Waals surface area contributed by atoms with Crippen molar-refractivity contribution in [1.82, 2.24) is 0 Å². The lowest BCUT2D eigenvalue weighted by molar-refractivity contribution is -0.174. The van der Waals surface area contributed by atoms with Gasteiger partial charge in [0.1, 0.15) is 6.29 Å². The topological polar surface area (TPSA) is 35.5 Å². The van der Waals surface area contributed by atoms with Crippen molar-refractivity contribution in [2.75, 3.05) is 0 Å². The molecule has 0 radical (unpaired) electrons. The Morgan fingerprint density at radius 2 is 2.00 bits per heavy atom. The highest BCUT2D eigenvalue weighted by atomic mass is 16.7. The van der Waals surface area contributed by atoms with Crippen LogP contribution in [0.2, 0.25) is 0 Å². The van der Waals surface area contributed by atoms with E-state index in [1.54, 1.807) is 0 Å². The fraction of sp³-hybridized carbons (Fsp3) is 0.923. The Kier molecular flexibility index (Phi) is 5.99. The molecule has 0 aliphatic carbocycles. The predicted octanol–water partition coefficient (Wildman–Crippen LogP) is 2.92. The van der Waals surface area contributed by atoms with E-state index < -0.39 is 0 Å². The van der Waals surface area contributed by atoms with Crippen LogP contribution < -0.4 is 0 Å². The molecule has 1 fully saturated rings. The van der Waals surface area contributed by atoms with Gasteiger partial charge in [-0.3, -0.25) is 0 Å². The van der Waals surface area contributed by atoms with E-state index in [1.807, 2.05) is 13.8 Å². The van der Waals surface area contributed by atoms with E-state index >= 15 is 0 Å². The van der Waals surface area contributed by atoms with Crippen molar-refractivity contribution in [3.05, 3.63) is 0 Å². The Morgan fingerprint density at radius 3 is 2.62 bits per heavy atom. The van der Waals surface area contributed by atoms with E-state index in [9.17, 15) is 4.79 Å². The summed E-state index contributed by atoms with van der Waals surface area (Å²) < 4.78 is 11.6. The van der Waals surface area contributed by atoms with Crippen LogP contribution in [0.5, 0.6) is 0 Å². The SMILES string of the molecule is CCCCCC1OC(C)CC(C=O)C(C)O1. The van der Waals surface area contributed by atoms with E-state index in [2.05, 4.69) is 6.92 Å². The van der Waals surface area contributed by atoms with Crippen LogP contribution in [0.4, 0.5) is 0 Å². The summed E-state index contributed by atoms with van der Waals surface area (Å²) in [6.45, 7) is 6.17. The van der Waals surface area contributed by atoms with Crippen LogP contribution in [0.25, 0.3) is 0 Å². The average molecular weight is 228 g/mol. The van der Waals surface area contributed by atoms with Crippen LogP contribution in [0.15, 0.2) is 0 Å². The molecule has 1 aliphatic heterocycles. The highest BCUT2D eigenvalue weighted by Crippen LogP contribution is 2.24. The Balaban J connectivity index is 2.44. The van der Waals surface area contributed by atoms with Gasteiger partial charge in [-0.1, -0.05) is 19.8 Å². The Bertz CT molecular complexity index is 205. The Labute approximate surface area is 98.5 Å². The molecule has 16 heavy (non-hydrogen) atoms. The molecule has 0 N–H and O–H groups in total. The van der Waals surface area contributed by atoms with Gasteiger partial charge in [0.05, 0.1) is 12.2 Å². The molecule has 4 unspecified atom stereocenters. The third kappa shape index (κ3) is 4.22. The maximum atomic E-state index is 10.9. The van der Waals surface area contributed by atoms with E-state index in [0.29, 0.717) is 0 Å². The van der Waals surface area contributed by atoms with Gasteiger partial charge in [-0.2, -0.15) is 0 Å². The monoisotopic (exact) mass is 228 g/mol. The largest absolute Gasteiger partial charge is 0.350 e. The number of unbranched alkanes of at least 4 members (excludes halogenated alkanes) is 2. The third-order valence-corrected chi connectivity index (χ3v) is 3.18. The smallest absolute Gasteiger partial charge is 0.158 e. The molecule has 1 aliphatic rings. The summed E-state index contributed by atoms with van der Waals surface area (Å²) in [5.74, 6) is -0.0221. The Morgan fingerprint density at radius 1 is 1.25 bits per heavy atom. The summed E-state index contributed by atoms with van der Waals surface area (Å²) in [6, 6.07) is 0. The second-order valence-electron chi connectivity index (χ2n) is 4.75. The lowest BCUT2D eigenvalue weighted by Gasteiger charge is -2.20. The minimum absolute atomic E-state index is 0.0194. The molecule has 0 spiro atoms. The molecule has 1 heterocycles. The van der Waals surface area contributed by atoms with Gasteiger partial charge >= 0.3 is 0 Å². The second kappa shape index (κ2) is 7.02. The number of rotatable bonds is 5. The van der Waals surface area contributed by atoms with Gasteiger partial charge in [-0.15, -0.1) is 0 Å². The van der Waals surface area contributed by atoms with Crippen LogP contribution in [-0.4, -0.2) is 24.8 Å². The molecule has 4 atom stereocenters. The summed E-state index contributed by atoms with van der Waals surface area (Å²) in [7, 11) is 0. The number of ether oxygens (including phenoxy) is 2. The van der Waals surface area contributed by atoms with Gasteiger partial charge in [-0.05, 0) is 33.1 Å². The van der Waals surface area contributed by atoms with Gasteiger partial charge in [0.15, 0.2) is 6.29 Å². The minimum Gasteiger partial charge on any atom is -0.350 e. The zero-order valence-corrected chi connectivity index (χ0v) is 10.6. The van der Waals surface area contributed by atoms with Crippen molar-refractivity contribution >= 4 is 6.29 Å². The highest BCUT2D eigenvalue weighted by molar-refractivity contribution is 5.54. The van der Waals surface area contributed by atoms with E-state index in [4.69, 9.17) is 9.47 Å². The minimum atomic E-state index is -0.124. The maximum absolute atomic E-state index is 10.9. The van der Waals surface area contributed by atoms with E-state index in [1.165, 1.54) is 12.8 Å². The van der Waals surface area contributed by atoms with Gasteiger partial charge in [-0.25, -0.2) is 0 Å². The van der Waals surface area contributed by atoms with Crippen LogP contribution in [0.3, 0.4) is 0 Å². The number of hydrogen-bond donors (Lipinski definition) is 0. The molecule has 3 heteroatoms. The van der Waals surface area contributed by atoms with Gasteiger partial charge < -0.3 is 14.3 Å². The number of hydrogen-bond acceptors (Lipinski definition) is 3. The van der Waals surface area contributed by atoms with Crippen LogP contribution in [-0.2, 0) is 14.3 Å². The quantitative estimate of drug-likeness (QED) is 0.536. The average Bonchev–Trinajstić information content (AvgIpc) is 2.38. The van der Waals surface area contributed by atoms with Crippen molar-refractivity contribution in [3.63, 3.8) is 0 Å². The first-order valence-corrected chi connectivity index (χ1v) is 6.43. The molecular formula is C13H24O3. The standard InChI is InChI=1S/C13H24O3/c1-4-5-6-7-13-15-10(2)8-12(9-14)11(3)16-13/h9-13H,4-8H2,1-3H3. The lowest BCUT2D eigenvalue weighted by Crippen LogP contribution is -2.25. The molecule has 1 rings (SSSR count). The predicted molar refractivity (Wildman–Crippen MR) is 63.2 cm³/mol. The summed E-state index contributed by atoms with van der Waals surface area (Å²) in [5.41, 5.74) is 0. The molecule has 94 valence electrons. The van der Waals surface area contributed by atoms with E-state index in [-0.39, 0.29) is 24.4 Å². The molecule has 0 saturated carbocycles. The zero-order chi connectivity index (χ0) is 12.0. The summed E-state index contributed by atoms with van der Waals surface area (Å²) in [4.78, 5) is 10.9. The number of aldehydes is 1. The van der Waals surface area contributed by atoms with Crippen LogP contribution >= 0.6 is 0 Å². The molecule has 0 aromatic carbocycles. The molecule has 0 aromatic heterocycles. The lowest BCUT2D eigenvalue weighted by atomic mass is 9.99.